The van der Waals surface area contributed by atoms with E-state index in [1.54, 1.807) is 7.11 Å². The SMILES string of the molecule is COc1ccc2c(c1)CCN(C1CCN(c3cc(C(=O)N4CCC5=C(C4)C(c4ccccc4)=NC5)ncn3)CC1)C(=O)N2. The Morgan fingerprint density at radius 3 is 2.63 bits per heavy atom. The average molecular weight is 578 g/mol. The number of piperidine rings is 1. The largest absolute Gasteiger partial charge is 0.497 e. The van der Waals surface area contributed by atoms with Crippen LogP contribution in [0.25, 0.3) is 0 Å². The summed E-state index contributed by atoms with van der Waals surface area (Å²) in [6, 6.07) is 17.9. The quantitative estimate of drug-likeness (QED) is 0.488. The van der Waals surface area contributed by atoms with Crippen LogP contribution in [-0.4, -0.2) is 89.8 Å². The van der Waals surface area contributed by atoms with Crippen molar-refractivity contribution in [2.45, 2.75) is 31.7 Å². The Labute approximate surface area is 251 Å². The van der Waals surface area contributed by atoms with E-state index in [1.165, 1.54) is 17.5 Å². The van der Waals surface area contributed by atoms with E-state index in [0.717, 1.165) is 79.4 Å². The van der Waals surface area contributed by atoms with Gasteiger partial charge in [-0.3, -0.25) is 9.79 Å². The molecule has 0 radical (unpaired) electrons. The van der Waals surface area contributed by atoms with Gasteiger partial charge in [0.2, 0.25) is 0 Å². The van der Waals surface area contributed by atoms with Crippen molar-refractivity contribution < 1.29 is 14.3 Å². The number of hydrogen-bond donors (Lipinski definition) is 1. The Kier molecular flexibility index (Phi) is 7.26. The lowest BCUT2D eigenvalue weighted by atomic mass is 9.95. The third-order valence-electron chi connectivity index (χ3n) is 9.05. The maximum Gasteiger partial charge on any atom is 0.322 e. The molecule has 5 heterocycles. The van der Waals surface area contributed by atoms with Crippen molar-refractivity contribution >= 4 is 29.2 Å². The van der Waals surface area contributed by atoms with Gasteiger partial charge < -0.3 is 24.8 Å². The first-order valence-electron chi connectivity index (χ1n) is 15.0. The standard InChI is InChI=1S/C33H35N7O3/c1-43-26-7-8-28-23(17-26)10-16-40(33(42)37-28)25-11-14-38(15-12-25)30-18-29(35-21-36-30)32(41)39-13-9-24-19-34-31(27(24)20-39)22-5-3-2-4-6-22/h2-8,17-18,21,25H,9-16,19-20H2,1H3,(H,37,42). The number of carbonyl (C=O) groups is 2. The van der Waals surface area contributed by atoms with Gasteiger partial charge in [-0.1, -0.05) is 30.3 Å². The maximum atomic E-state index is 13.6. The van der Waals surface area contributed by atoms with Gasteiger partial charge in [0.15, 0.2) is 0 Å². The molecule has 1 saturated heterocycles. The Bertz CT molecular complexity index is 1610. The summed E-state index contributed by atoms with van der Waals surface area (Å²) in [7, 11) is 1.65. The zero-order valence-electron chi connectivity index (χ0n) is 24.3. The van der Waals surface area contributed by atoms with Gasteiger partial charge in [-0.05, 0) is 60.6 Å². The number of ether oxygens (including phenoxy) is 1. The second-order valence-electron chi connectivity index (χ2n) is 11.5. The number of methoxy groups -OCH3 is 1. The van der Waals surface area contributed by atoms with Crippen molar-refractivity contribution in [1.29, 1.82) is 0 Å². The number of aliphatic imine (C=N–C) groups is 1. The highest BCUT2D eigenvalue weighted by Gasteiger charge is 2.32. The van der Waals surface area contributed by atoms with Crippen LogP contribution in [0, 0.1) is 0 Å². The molecule has 0 saturated carbocycles. The number of urea groups is 1. The van der Waals surface area contributed by atoms with Crippen molar-refractivity contribution in [1.82, 2.24) is 19.8 Å². The lowest BCUT2D eigenvalue weighted by Gasteiger charge is -2.38. The van der Waals surface area contributed by atoms with E-state index < -0.39 is 0 Å². The summed E-state index contributed by atoms with van der Waals surface area (Å²) < 4.78 is 5.37. The number of amides is 3. The number of nitrogens with zero attached hydrogens (tertiary/aromatic N) is 6. The lowest BCUT2D eigenvalue weighted by molar-refractivity contribution is 0.0760. The van der Waals surface area contributed by atoms with Crippen molar-refractivity contribution in [3.63, 3.8) is 0 Å². The molecular weight excluding hydrogens is 542 g/mol. The van der Waals surface area contributed by atoms with Gasteiger partial charge in [0.1, 0.15) is 23.6 Å². The smallest absolute Gasteiger partial charge is 0.322 e. The highest BCUT2D eigenvalue weighted by atomic mass is 16.5. The van der Waals surface area contributed by atoms with E-state index in [9.17, 15) is 9.59 Å². The molecule has 7 rings (SSSR count). The van der Waals surface area contributed by atoms with Crippen molar-refractivity contribution in [2.24, 2.45) is 4.99 Å². The van der Waals surface area contributed by atoms with Crippen molar-refractivity contribution in [3.8, 4) is 5.75 Å². The molecular formula is C33H35N7O3. The van der Waals surface area contributed by atoms with Crippen LogP contribution in [0.1, 0.15) is 40.9 Å². The Morgan fingerprint density at radius 1 is 0.977 bits per heavy atom. The van der Waals surface area contributed by atoms with Gasteiger partial charge in [0.05, 0.1) is 19.4 Å². The zero-order valence-corrected chi connectivity index (χ0v) is 24.3. The minimum atomic E-state index is -0.0816. The summed E-state index contributed by atoms with van der Waals surface area (Å²) in [6.07, 6.45) is 4.74. The third kappa shape index (κ3) is 5.33. The van der Waals surface area contributed by atoms with Gasteiger partial charge in [-0.25, -0.2) is 14.8 Å². The molecule has 0 unspecified atom stereocenters. The third-order valence-corrected chi connectivity index (χ3v) is 9.05. The predicted molar refractivity (Wildman–Crippen MR) is 165 cm³/mol. The van der Waals surface area contributed by atoms with Crippen LogP contribution in [0.4, 0.5) is 16.3 Å². The van der Waals surface area contributed by atoms with Crippen LogP contribution in [0.2, 0.25) is 0 Å². The molecule has 220 valence electrons. The summed E-state index contributed by atoms with van der Waals surface area (Å²) in [5, 5.41) is 3.09. The summed E-state index contributed by atoms with van der Waals surface area (Å²) in [5.41, 5.74) is 6.94. The monoisotopic (exact) mass is 577 g/mol. The summed E-state index contributed by atoms with van der Waals surface area (Å²) in [5.74, 6) is 1.46. The highest BCUT2D eigenvalue weighted by Crippen LogP contribution is 2.30. The van der Waals surface area contributed by atoms with Gasteiger partial charge >= 0.3 is 6.03 Å². The van der Waals surface area contributed by atoms with Gasteiger partial charge in [-0.15, -0.1) is 0 Å². The van der Waals surface area contributed by atoms with Crippen LogP contribution < -0.4 is 15.0 Å². The van der Waals surface area contributed by atoms with E-state index in [0.29, 0.717) is 25.3 Å². The molecule has 10 nitrogen and oxygen atoms in total. The van der Waals surface area contributed by atoms with Crippen molar-refractivity contribution in [3.05, 3.63) is 88.9 Å². The van der Waals surface area contributed by atoms with Crippen LogP contribution >= 0.6 is 0 Å². The number of benzene rings is 2. The molecule has 0 bridgehead atoms. The molecule has 4 aliphatic rings. The first-order valence-corrected chi connectivity index (χ1v) is 15.0. The second-order valence-corrected chi connectivity index (χ2v) is 11.5. The van der Waals surface area contributed by atoms with E-state index in [1.807, 2.05) is 52.3 Å². The van der Waals surface area contributed by atoms with Gasteiger partial charge in [0, 0.05) is 56.1 Å². The van der Waals surface area contributed by atoms with E-state index in [-0.39, 0.29) is 18.0 Å². The number of aromatic nitrogens is 2. The molecule has 4 aliphatic heterocycles. The Hall–Kier alpha value is -4.73. The Morgan fingerprint density at radius 2 is 1.81 bits per heavy atom. The molecule has 1 N–H and O–H groups in total. The van der Waals surface area contributed by atoms with E-state index >= 15 is 0 Å². The molecule has 0 atom stereocenters. The number of fused-ring (bicyclic) bond motifs is 1. The van der Waals surface area contributed by atoms with Crippen LogP contribution in [0.3, 0.4) is 0 Å². The molecule has 1 aromatic heterocycles. The average Bonchev–Trinajstić information content (AvgIpc) is 3.41. The first kappa shape index (κ1) is 27.1. The molecule has 3 aromatic rings. The number of nitrogens with one attached hydrogen (secondary N) is 1. The zero-order chi connectivity index (χ0) is 29.3. The molecule has 43 heavy (non-hydrogen) atoms. The summed E-state index contributed by atoms with van der Waals surface area (Å²) in [6.45, 7) is 4.08. The normalized spacial score (nSPS) is 19.0. The molecule has 2 aromatic carbocycles. The van der Waals surface area contributed by atoms with Crippen LogP contribution in [-0.2, 0) is 6.42 Å². The van der Waals surface area contributed by atoms with Gasteiger partial charge in [0.25, 0.3) is 5.91 Å². The van der Waals surface area contributed by atoms with Crippen molar-refractivity contribution in [2.75, 3.05) is 56.6 Å². The molecule has 1 fully saturated rings. The van der Waals surface area contributed by atoms with Crippen LogP contribution in [0.15, 0.2) is 77.1 Å². The fourth-order valence-electron chi connectivity index (χ4n) is 6.63. The summed E-state index contributed by atoms with van der Waals surface area (Å²) in [4.78, 5) is 46.5. The van der Waals surface area contributed by atoms with E-state index in [2.05, 4.69) is 32.3 Å². The fraction of sp³-hybridized carbons (Fsp3) is 0.364. The predicted octanol–water partition coefficient (Wildman–Crippen LogP) is 4.19. The van der Waals surface area contributed by atoms with Crippen LogP contribution in [0.5, 0.6) is 5.75 Å². The highest BCUT2D eigenvalue weighted by molar-refractivity contribution is 6.15. The molecule has 0 spiro atoms. The number of anilines is 2. The van der Waals surface area contributed by atoms with Gasteiger partial charge in [-0.2, -0.15) is 0 Å². The minimum absolute atomic E-state index is 0.0557. The maximum absolute atomic E-state index is 13.6. The minimum Gasteiger partial charge on any atom is -0.497 e. The first-order chi connectivity index (χ1) is 21.1. The number of carbonyl (C=O) groups excluding carboxylic acids is 2. The lowest BCUT2D eigenvalue weighted by Crippen LogP contribution is -2.49. The fourth-order valence-corrected chi connectivity index (χ4v) is 6.63. The molecule has 0 aliphatic carbocycles. The number of rotatable bonds is 5. The topological polar surface area (TPSA) is 103 Å². The molecule has 3 amide bonds. The number of hydrogen-bond acceptors (Lipinski definition) is 7. The Balaban J connectivity index is 0.988. The van der Waals surface area contributed by atoms with E-state index in [4.69, 9.17) is 9.73 Å². The molecule has 10 heteroatoms. The second kappa shape index (κ2) is 11.5. The summed E-state index contributed by atoms with van der Waals surface area (Å²) >= 11 is 0.